The molecule has 40 heavy (non-hydrogen) atoms. The lowest BCUT2D eigenvalue weighted by atomic mass is 10.0. The quantitative estimate of drug-likeness (QED) is 0.0876. The monoisotopic (exact) mass is 556 g/mol. The summed E-state index contributed by atoms with van der Waals surface area (Å²) < 4.78 is 0. The number of hydrogen-bond acceptors (Lipinski definition) is 6. The zero-order valence-electron chi connectivity index (χ0n) is 22.9. The van der Waals surface area contributed by atoms with E-state index in [1.54, 1.807) is 20.0 Å². The number of H-pyrrole nitrogens is 1. The molecule has 1 aromatic carbocycles. The second kappa shape index (κ2) is 14.3. The maximum atomic E-state index is 13.5. The van der Waals surface area contributed by atoms with Crippen molar-refractivity contribution in [3.63, 3.8) is 0 Å². The first-order valence-corrected chi connectivity index (χ1v) is 13.5. The Balaban J connectivity index is 1.83. The van der Waals surface area contributed by atoms with Gasteiger partial charge in [-0.3, -0.25) is 19.4 Å². The lowest BCUT2D eigenvalue weighted by Crippen LogP contribution is -2.58. The van der Waals surface area contributed by atoms with Gasteiger partial charge in [-0.1, -0.05) is 32.0 Å². The van der Waals surface area contributed by atoms with E-state index >= 15 is 0 Å². The smallest absolute Gasteiger partial charge is 0.326 e. The van der Waals surface area contributed by atoms with Gasteiger partial charge in [-0.25, -0.2) is 4.79 Å². The summed E-state index contributed by atoms with van der Waals surface area (Å²) in [6.07, 6.45) is 4.01. The van der Waals surface area contributed by atoms with Gasteiger partial charge >= 0.3 is 5.97 Å². The van der Waals surface area contributed by atoms with Crippen LogP contribution in [0.2, 0.25) is 0 Å². The molecule has 0 saturated carbocycles. The highest BCUT2D eigenvalue weighted by Crippen LogP contribution is 2.19. The molecule has 13 nitrogen and oxygen atoms in total. The molecule has 13 heteroatoms. The molecular formula is C27H40N8O5. The zero-order valence-corrected chi connectivity index (χ0v) is 22.9. The van der Waals surface area contributed by atoms with Crippen molar-refractivity contribution >= 4 is 40.6 Å². The van der Waals surface area contributed by atoms with Crippen molar-refractivity contribution in [2.24, 2.45) is 22.4 Å². The van der Waals surface area contributed by atoms with Gasteiger partial charge in [0.2, 0.25) is 17.7 Å². The van der Waals surface area contributed by atoms with Gasteiger partial charge in [-0.15, -0.1) is 0 Å². The number of rotatable bonds is 14. The van der Waals surface area contributed by atoms with E-state index in [4.69, 9.17) is 11.5 Å². The molecule has 2 heterocycles. The van der Waals surface area contributed by atoms with E-state index in [9.17, 15) is 24.3 Å². The minimum Gasteiger partial charge on any atom is -0.480 e. The first kappa shape index (κ1) is 30.4. The second-order valence-electron chi connectivity index (χ2n) is 10.4. The van der Waals surface area contributed by atoms with Gasteiger partial charge in [0.15, 0.2) is 5.96 Å². The number of carboxylic acid groups (broad SMARTS) is 1. The van der Waals surface area contributed by atoms with Gasteiger partial charge in [-0.05, 0) is 49.8 Å². The maximum Gasteiger partial charge on any atom is 0.326 e. The molecule has 1 aliphatic rings. The number of carbonyl (C=O) groups excluding carboxylic acids is 3. The van der Waals surface area contributed by atoms with Crippen molar-refractivity contribution in [1.82, 2.24) is 26.3 Å². The van der Waals surface area contributed by atoms with E-state index in [0.717, 1.165) is 22.9 Å². The standard InChI is InChI=1S/C27H40N8O5/c1-15(2)22(26(39)40)35-25(38)21(13-16-14-32-18-8-4-3-7-17(16)18)34-24(37)20(10-6-12-31-27(28)29)33-23(36)19-9-5-11-30-19/h3-4,7-8,14-15,19-22,30,32H,5-6,9-13H2,1-2H3,(H,33,36)(H,34,37)(H,35,38)(H,39,40)(H4,28,29,31). The zero-order chi connectivity index (χ0) is 29.2. The van der Waals surface area contributed by atoms with Gasteiger partial charge in [-0.2, -0.15) is 0 Å². The molecule has 0 aliphatic carbocycles. The Hall–Kier alpha value is -4.13. The average Bonchev–Trinajstić information content (AvgIpc) is 3.58. The number of guanidine groups is 1. The largest absolute Gasteiger partial charge is 0.480 e. The second-order valence-corrected chi connectivity index (χ2v) is 10.4. The van der Waals surface area contributed by atoms with Crippen LogP contribution in [0.5, 0.6) is 0 Å². The Morgan fingerprint density at radius 1 is 1.07 bits per heavy atom. The molecule has 2 aromatic rings. The van der Waals surface area contributed by atoms with Gasteiger partial charge in [0, 0.05) is 30.1 Å². The topological polar surface area (TPSA) is 217 Å². The number of hydrogen-bond donors (Lipinski definition) is 8. The number of amides is 3. The molecule has 1 aromatic heterocycles. The molecule has 3 amide bonds. The molecule has 218 valence electrons. The van der Waals surface area contributed by atoms with Crippen molar-refractivity contribution in [2.75, 3.05) is 13.1 Å². The van der Waals surface area contributed by atoms with Gasteiger partial charge in [0.25, 0.3) is 0 Å². The van der Waals surface area contributed by atoms with Crippen LogP contribution in [-0.4, -0.2) is 77.0 Å². The van der Waals surface area contributed by atoms with E-state index < -0.39 is 42.0 Å². The maximum absolute atomic E-state index is 13.5. The highest BCUT2D eigenvalue weighted by molar-refractivity contribution is 5.95. The van der Waals surface area contributed by atoms with Crippen molar-refractivity contribution in [3.05, 3.63) is 36.0 Å². The van der Waals surface area contributed by atoms with Gasteiger partial charge < -0.3 is 42.8 Å². The fourth-order valence-electron chi connectivity index (χ4n) is 4.72. The van der Waals surface area contributed by atoms with E-state index in [2.05, 4.69) is 31.2 Å². The summed E-state index contributed by atoms with van der Waals surface area (Å²) in [6.45, 7) is 4.35. The van der Waals surface area contributed by atoms with Crippen molar-refractivity contribution in [2.45, 2.75) is 70.1 Å². The van der Waals surface area contributed by atoms with Crippen molar-refractivity contribution in [1.29, 1.82) is 0 Å². The van der Waals surface area contributed by atoms with Crippen molar-refractivity contribution in [3.8, 4) is 0 Å². The van der Waals surface area contributed by atoms with E-state index in [1.165, 1.54) is 0 Å². The number of aliphatic carboxylic acids is 1. The van der Waals surface area contributed by atoms with Gasteiger partial charge in [0.05, 0.1) is 6.04 Å². The number of nitrogens with one attached hydrogen (secondary N) is 5. The Morgan fingerprint density at radius 2 is 1.80 bits per heavy atom. The number of carboxylic acids is 1. The summed E-state index contributed by atoms with van der Waals surface area (Å²) in [5.74, 6) is -3.13. The number of aliphatic imine (C=N–C) groups is 1. The fourth-order valence-corrected chi connectivity index (χ4v) is 4.72. The summed E-state index contributed by atoms with van der Waals surface area (Å²) in [5.41, 5.74) is 12.4. The molecule has 0 spiro atoms. The normalized spacial score (nSPS) is 17.1. The molecular weight excluding hydrogens is 516 g/mol. The van der Waals surface area contributed by atoms with Crippen LogP contribution in [0.4, 0.5) is 0 Å². The lowest BCUT2D eigenvalue weighted by Gasteiger charge is -2.26. The summed E-state index contributed by atoms with van der Waals surface area (Å²) in [4.78, 5) is 58.7. The summed E-state index contributed by atoms with van der Waals surface area (Å²) in [6, 6.07) is 3.93. The van der Waals surface area contributed by atoms with Crippen LogP contribution in [-0.2, 0) is 25.6 Å². The minimum atomic E-state index is -1.17. The average molecular weight is 557 g/mol. The highest BCUT2D eigenvalue weighted by atomic mass is 16.4. The Morgan fingerprint density at radius 3 is 2.45 bits per heavy atom. The Kier molecular flexibility index (Phi) is 10.9. The number of nitrogens with two attached hydrogens (primary N) is 2. The van der Waals surface area contributed by atoms with Crippen LogP contribution in [0.1, 0.15) is 45.1 Å². The van der Waals surface area contributed by atoms with Gasteiger partial charge in [0.1, 0.15) is 18.1 Å². The molecule has 1 saturated heterocycles. The molecule has 0 radical (unpaired) electrons. The number of para-hydroxylation sites is 1. The van der Waals surface area contributed by atoms with Crippen LogP contribution >= 0.6 is 0 Å². The first-order chi connectivity index (χ1) is 19.1. The predicted octanol–water partition coefficient (Wildman–Crippen LogP) is -0.289. The molecule has 3 rings (SSSR count). The number of carbonyl (C=O) groups is 4. The third-order valence-electron chi connectivity index (χ3n) is 6.92. The lowest BCUT2D eigenvalue weighted by molar-refractivity contribution is -0.143. The number of aromatic amines is 1. The highest BCUT2D eigenvalue weighted by Gasteiger charge is 2.32. The Bertz CT molecular complexity index is 1220. The summed E-state index contributed by atoms with van der Waals surface area (Å²) in [5, 5.41) is 21.7. The van der Waals surface area contributed by atoms with Crippen LogP contribution in [0, 0.1) is 5.92 Å². The third-order valence-corrected chi connectivity index (χ3v) is 6.92. The number of aromatic nitrogens is 1. The van der Waals surface area contributed by atoms with E-state index in [0.29, 0.717) is 19.4 Å². The van der Waals surface area contributed by atoms with Crippen LogP contribution in [0.15, 0.2) is 35.5 Å². The number of nitrogens with zero attached hydrogens (tertiary/aromatic N) is 1. The molecule has 1 fully saturated rings. The fraction of sp³-hybridized carbons (Fsp3) is 0.519. The Labute approximate surface area is 232 Å². The van der Waals surface area contributed by atoms with Crippen LogP contribution < -0.4 is 32.7 Å². The predicted molar refractivity (Wildman–Crippen MR) is 151 cm³/mol. The van der Waals surface area contributed by atoms with Crippen LogP contribution in [0.25, 0.3) is 10.9 Å². The van der Waals surface area contributed by atoms with E-state index in [1.807, 2.05) is 24.3 Å². The SMILES string of the molecule is CC(C)C(NC(=O)C(Cc1c[nH]c2ccccc12)NC(=O)C(CCCN=C(N)N)NC(=O)C1CCCN1)C(=O)O. The molecule has 10 N–H and O–H groups in total. The van der Waals surface area contributed by atoms with Crippen molar-refractivity contribution < 1.29 is 24.3 Å². The molecule has 1 aliphatic heterocycles. The molecule has 4 unspecified atom stereocenters. The molecule has 0 bridgehead atoms. The number of fused-ring (bicyclic) bond motifs is 1. The van der Waals surface area contributed by atoms with Crippen LogP contribution in [0.3, 0.4) is 0 Å². The summed E-state index contributed by atoms with van der Waals surface area (Å²) >= 11 is 0. The summed E-state index contributed by atoms with van der Waals surface area (Å²) in [7, 11) is 0. The van der Waals surface area contributed by atoms with E-state index in [-0.39, 0.29) is 37.2 Å². The minimum absolute atomic E-state index is 0.0752. The first-order valence-electron chi connectivity index (χ1n) is 13.5. The third kappa shape index (κ3) is 8.43. The number of benzene rings is 1. The molecule has 4 atom stereocenters.